The number of rotatable bonds is 10. The van der Waals surface area contributed by atoms with Crippen molar-refractivity contribution in [2.24, 2.45) is 0 Å². The van der Waals surface area contributed by atoms with E-state index in [1.165, 1.54) is 0 Å². The lowest BCUT2D eigenvalue weighted by Gasteiger charge is -2.10. The molecular weight excluding hydrogens is 356 g/mol. The van der Waals surface area contributed by atoms with Crippen molar-refractivity contribution < 1.29 is 9.53 Å². The van der Waals surface area contributed by atoms with Gasteiger partial charge in [0.15, 0.2) is 0 Å². The Kier molecular flexibility index (Phi) is 8.95. The molecule has 4 nitrogen and oxygen atoms in total. The van der Waals surface area contributed by atoms with E-state index in [1.54, 1.807) is 24.9 Å². The van der Waals surface area contributed by atoms with Crippen LogP contribution in [0.4, 0.5) is 0 Å². The van der Waals surface area contributed by atoms with Crippen molar-refractivity contribution in [3.8, 4) is 5.75 Å². The molecule has 0 aliphatic heterocycles. The number of hydrogen-bond acceptors (Lipinski definition) is 4. The van der Waals surface area contributed by atoms with E-state index < -0.39 is 0 Å². The fourth-order valence-electron chi connectivity index (χ4n) is 2.52. The van der Waals surface area contributed by atoms with Gasteiger partial charge in [-0.3, -0.25) is 4.79 Å². The summed E-state index contributed by atoms with van der Waals surface area (Å²) in [4.78, 5) is 16.3. The lowest BCUT2D eigenvalue weighted by Crippen LogP contribution is -2.23. The fourth-order valence-corrected chi connectivity index (χ4v) is 3.56. The van der Waals surface area contributed by atoms with Crippen LogP contribution in [-0.4, -0.2) is 45.1 Å². The summed E-state index contributed by atoms with van der Waals surface area (Å²) in [5.74, 6) is 0.786. The number of benzene rings is 2. The molecular formula is C22H28N2O2S. The van der Waals surface area contributed by atoms with Crippen molar-refractivity contribution in [2.45, 2.75) is 22.6 Å². The van der Waals surface area contributed by atoms with Crippen molar-refractivity contribution >= 4 is 23.7 Å². The van der Waals surface area contributed by atoms with Crippen LogP contribution in [0.2, 0.25) is 0 Å². The maximum Gasteiger partial charge on any atom is 0.243 e. The molecule has 0 bridgehead atoms. The van der Waals surface area contributed by atoms with E-state index in [0.717, 1.165) is 40.5 Å². The Morgan fingerprint density at radius 1 is 1.07 bits per heavy atom. The van der Waals surface area contributed by atoms with E-state index in [4.69, 9.17) is 4.74 Å². The number of ether oxygens (including phenoxy) is 1. The first kappa shape index (κ1) is 21.1. The Morgan fingerprint density at radius 3 is 2.52 bits per heavy atom. The van der Waals surface area contributed by atoms with Gasteiger partial charge in [-0.15, -0.1) is 0 Å². The molecule has 0 radical (unpaired) electrons. The lowest BCUT2D eigenvalue weighted by molar-refractivity contribution is -0.116. The highest BCUT2D eigenvalue weighted by atomic mass is 32.2. The fraction of sp³-hybridized carbons (Fsp3) is 0.318. The minimum absolute atomic E-state index is 0.0584. The van der Waals surface area contributed by atoms with Crippen LogP contribution in [0.15, 0.2) is 64.4 Å². The molecule has 0 atom stereocenters. The van der Waals surface area contributed by atoms with Crippen molar-refractivity contribution in [1.82, 2.24) is 10.2 Å². The van der Waals surface area contributed by atoms with Gasteiger partial charge in [0.05, 0.1) is 12.0 Å². The average molecular weight is 385 g/mol. The molecule has 0 aromatic heterocycles. The quantitative estimate of drug-likeness (QED) is 0.489. The Morgan fingerprint density at radius 2 is 1.78 bits per heavy atom. The molecule has 144 valence electrons. The first-order valence-corrected chi connectivity index (χ1v) is 9.92. The number of unbranched alkanes of at least 4 members (excludes halogenated alkanes) is 1. The van der Waals surface area contributed by atoms with Crippen LogP contribution in [0.3, 0.4) is 0 Å². The molecule has 27 heavy (non-hydrogen) atoms. The van der Waals surface area contributed by atoms with Crippen molar-refractivity contribution in [2.75, 3.05) is 34.3 Å². The number of hydrogen-bond donors (Lipinski definition) is 1. The predicted octanol–water partition coefficient (Wildman–Crippen LogP) is 4.32. The molecule has 5 heteroatoms. The zero-order chi connectivity index (χ0) is 19.5. The summed E-state index contributed by atoms with van der Waals surface area (Å²) in [6, 6.07) is 16.0. The van der Waals surface area contributed by atoms with E-state index >= 15 is 0 Å². The van der Waals surface area contributed by atoms with Gasteiger partial charge in [-0.05, 0) is 63.3 Å². The van der Waals surface area contributed by atoms with Gasteiger partial charge in [0.2, 0.25) is 5.91 Å². The molecule has 2 aromatic rings. The van der Waals surface area contributed by atoms with E-state index in [2.05, 4.69) is 30.4 Å². The summed E-state index contributed by atoms with van der Waals surface area (Å²) in [6.07, 6.45) is 5.54. The first-order valence-electron chi connectivity index (χ1n) is 9.10. The standard InChI is InChI=1S/C22H28N2O2S/c1-24(2)17-9-8-16-23-22(25)15-14-18-10-4-6-12-20(18)27-21-13-7-5-11-19(21)26-3/h4-7,10-15H,8-9,16-17H2,1-3H3,(H,23,25)/b15-14+. The van der Waals surface area contributed by atoms with Crippen LogP contribution < -0.4 is 10.1 Å². The smallest absolute Gasteiger partial charge is 0.243 e. The second-order valence-electron chi connectivity index (χ2n) is 6.43. The first-order chi connectivity index (χ1) is 13.1. The van der Waals surface area contributed by atoms with E-state index in [0.29, 0.717) is 6.54 Å². The van der Waals surface area contributed by atoms with Gasteiger partial charge in [-0.1, -0.05) is 42.1 Å². The number of para-hydroxylation sites is 1. The topological polar surface area (TPSA) is 41.6 Å². The zero-order valence-corrected chi connectivity index (χ0v) is 17.1. The van der Waals surface area contributed by atoms with Gasteiger partial charge < -0.3 is 15.0 Å². The molecule has 0 saturated heterocycles. The minimum atomic E-state index is -0.0584. The zero-order valence-electron chi connectivity index (χ0n) is 16.3. The largest absolute Gasteiger partial charge is 0.496 e. The van der Waals surface area contributed by atoms with Crippen LogP contribution >= 0.6 is 11.8 Å². The Labute approximate surface area is 166 Å². The van der Waals surface area contributed by atoms with Gasteiger partial charge in [0.25, 0.3) is 0 Å². The lowest BCUT2D eigenvalue weighted by atomic mass is 10.2. The molecule has 1 N–H and O–H groups in total. The van der Waals surface area contributed by atoms with Crippen LogP contribution in [0.5, 0.6) is 5.75 Å². The third kappa shape index (κ3) is 7.49. The van der Waals surface area contributed by atoms with Gasteiger partial charge in [-0.2, -0.15) is 0 Å². The summed E-state index contributed by atoms with van der Waals surface area (Å²) in [6.45, 7) is 1.74. The second-order valence-corrected chi connectivity index (χ2v) is 7.51. The van der Waals surface area contributed by atoms with E-state index in [9.17, 15) is 4.79 Å². The van der Waals surface area contributed by atoms with Crippen LogP contribution in [0, 0.1) is 0 Å². The number of nitrogens with one attached hydrogen (secondary N) is 1. The Balaban J connectivity index is 1.95. The molecule has 0 fully saturated rings. The van der Waals surface area contributed by atoms with Crippen molar-refractivity contribution in [1.29, 1.82) is 0 Å². The van der Waals surface area contributed by atoms with Crippen LogP contribution in [-0.2, 0) is 4.79 Å². The van der Waals surface area contributed by atoms with Crippen molar-refractivity contribution in [3.63, 3.8) is 0 Å². The maximum absolute atomic E-state index is 12.0. The SMILES string of the molecule is COc1ccccc1Sc1ccccc1/C=C/C(=O)NCCCCN(C)C. The summed E-state index contributed by atoms with van der Waals surface area (Å²) in [7, 11) is 5.79. The van der Waals surface area contributed by atoms with Gasteiger partial charge in [-0.25, -0.2) is 0 Å². The number of amides is 1. The number of carbonyl (C=O) groups excluding carboxylic acids is 1. The molecule has 0 spiro atoms. The monoisotopic (exact) mass is 384 g/mol. The summed E-state index contributed by atoms with van der Waals surface area (Å²) < 4.78 is 5.43. The number of methoxy groups -OCH3 is 1. The van der Waals surface area contributed by atoms with Gasteiger partial charge in [0.1, 0.15) is 5.75 Å². The Hall–Kier alpha value is -2.24. The summed E-state index contributed by atoms with van der Waals surface area (Å²) in [5.41, 5.74) is 1.01. The summed E-state index contributed by atoms with van der Waals surface area (Å²) >= 11 is 1.63. The van der Waals surface area contributed by atoms with Crippen molar-refractivity contribution in [3.05, 3.63) is 60.2 Å². The molecule has 0 aliphatic carbocycles. The normalized spacial score (nSPS) is 11.1. The third-order valence-electron chi connectivity index (χ3n) is 3.95. The van der Waals surface area contributed by atoms with Crippen LogP contribution in [0.1, 0.15) is 18.4 Å². The molecule has 0 heterocycles. The van der Waals surface area contributed by atoms with Gasteiger partial charge >= 0.3 is 0 Å². The maximum atomic E-state index is 12.0. The molecule has 0 unspecified atom stereocenters. The second kappa shape index (κ2) is 11.5. The highest BCUT2D eigenvalue weighted by molar-refractivity contribution is 7.99. The van der Waals surface area contributed by atoms with Gasteiger partial charge in [0, 0.05) is 17.5 Å². The third-order valence-corrected chi connectivity index (χ3v) is 5.10. The molecule has 1 amide bonds. The van der Waals surface area contributed by atoms with Crippen LogP contribution in [0.25, 0.3) is 6.08 Å². The highest BCUT2D eigenvalue weighted by Crippen LogP contribution is 2.36. The molecule has 2 aromatic carbocycles. The highest BCUT2D eigenvalue weighted by Gasteiger charge is 2.07. The Bertz CT molecular complexity index is 759. The summed E-state index contributed by atoms with van der Waals surface area (Å²) in [5, 5.41) is 2.94. The molecule has 0 saturated carbocycles. The number of carbonyl (C=O) groups is 1. The van der Waals surface area contributed by atoms with E-state index in [1.807, 2.05) is 48.5 Å². The predicted molar refractivity (Wildman–Crippen MR) is 113 cm³/mol. The van der Waals surface area contributed by atoms with E-state index in [-0.39, 0.29) is 5.91 Å². The molecule has 2 rings (SSSR count). The average Bonchev–Trinajstić information content (AvgIpc) is 2.67. The number of nitrogens with zero attached hydrogens (tertiary/aromatic N) is 1. The molecule has 0 aliphatic rings. The minimum Gasteiger partial charge on any atom is -0.496 e.